The quantitative estimate of drug-likeness (QED) is 0.843. The van der Waals surface area contributed by atoms with Crippen LogP contribution in [0, 0.1) is 0 Å². The second kappa shape index (κ2) is 6.04. The maximum Gasteiger partial charge on any atom is 0.334 e. The van der Waals surface area contributed by atoms with Gasteiger partial charge in [0.05, 0.1) is 12.6 Å². The van der Waals surface area contributed by atoms with E-state index in [1.807, 2.05) is 13.1 Å². The first-order valence-corrected chi connectivity index (χ1v) is 6.60. The number of nitrogens with zero attached hydrogens (tertiary/aromatic N) is 3. The lowest BCUT2D eigenvalue weighted by Gasteiger charge is -2.35. The number of carboxylic acid groups (broad SMARTS) is 1. The molecule has 1 aromatic heterocycles. The normalized spacial score (nSPS) is 22.8. The van der Waals surface area contributed by atoms with Crippen molar-refractivity contribution in [1.82, 2.24) is 14.7 Å². The Balaban J connectivity index is 1.91. The Morgan fingerprint density at radius 1 is 1.50 bits per heavy atom. The van der Waals surface area contributed by atoms with Crippen molar-refractivity contribution in [3.8, 4) is 0 Å². The minimum Gasteiger partial charge on any atom is -0.479 e. The molecule has 7 nitrogen and oxygen atoms in total. The highest BCUT2D eigenvalue weighted by Gasteiger charge is 2.32. The number of aliphatic carboxylic acids is 1. The molecular formula is C13H19N3O4. The van der Waals surface area contributed by atoms with Crippen LogP contribution in [-0.4, -0.2) is 57.0 Å². The molecule has 1 unspecified atom stereocenters. The van der Waals surface area contributed by atoms with Crippen molar-refractivity contribution in [2.75, 3.05) is 13.1 Å². The van der Waals surface area contributed by atoms with Crippen molar-refractivity contribution in [2.24, 2.45) is 7.05 Å². The number of morpholine rings is 1. The number of amides is 1. The van der Waals surface area contributed by atoms with Gasteiger partial charge in [-0.25, -0.2) is 4.79 Å². The van der Waals surface area contributed by atoms with Gasteiger partial charge in [0.1, 0.15) is 0 Å². The summed E-state index contributed by atoms with van der Waals surface area (Å²) in [5.74, 6) is -1.08. The van der Waals surface area contributed by atoms with E-state index in [9.17, 15) is 9.59 Å². The van der Waals surface area contributed by atoms with Crippen LogP contribution in [0.25, 0.3) is 0 Å². The molecule has 1 aliphatic rings. The molecule has 20 heavy (non-hydrogen) atoms. The average molecular weight is 281 g/mol. The Kier molecular flexibility index (Phi) is 4.39. The lowest BCUT2D eigenvalue weighted by Crippen LogP contribution is -2.51. The van der Waals surface area contributed by atoms with Gasteiger partial charge in [-0.1, -0.05) is 0 Å². The van der Waals surface area contributed by atoms with Crippen LogP contribution in [0.2, 0.25) is 0 Å². The number of carbonyl (C=O) groups excluding carboxylic acids is 1. The molecule has 2 atom stereocenters. The van der Waals surface area contributed by atoms with E-state index in [0.29, 0.717) is 19.4 Å². The highest BCUT2D eigenvalue weighted by molar-refractivity contribution is 5.79. The van der Waals surface area contributed by atoms with Gasteiger partial charge in [0, 0.05) is 31.9 Å². The molecule has 1 aliphatic heterocycles. The fourth-order valence-corrected chi connectivity index (χ4v) is 2.33. The fraction of sp³-hybridized carbons (Fsp3) is 0.615. The van der Waals surface area contributed by atoms with Crippen LogP contribution in [0.3, 0.4) is 0 Å². The highest BCUT2D eigenvalue weighted by atomic mass is 16.5. The maximum atomic E-state index is 12.2. The molecule has 1 aromatic rings. The predicted octanol–water partition coefficient (Wildman–Crippen LogP) is 0.0532. The van der Waals surface area contributed by atoms with E-state index in [1.165, 1.54) is 0 Å². The molecular weight excluding hydrogens is 262 g/mol. The minimum absolute atomic E-state index is 0.0485. The molecule has 0 bridgehead atoms. The van der Waals surface area contributed by atoms with Crippen molar-refractivity contribution in [3.05, 3.63) is 18.0 Å². The number of ether oxygens (including phenoxy) is 1. The van der Waals surface area contributed by atoms with Crippen molar-refractivity contribution < 1.29 is 19.4 Å². The second-order valence-electron chi connectivity index (χ2n) is 5.02. The second-order valence-corrected chi connectivity index (χ2v) is 5.02. The summed E-state index contributed by atoms with van der Waals surface area (Å²) in [6, 6.07) is 1.87. The van der Waals surface area contributed by atoms with Crippen LogP contribution in [0.1, 0.15) is 19.0 Å². The van der Waals surface area contributed by atoms with Crippen LogP contribution >= 0.6 is 0 Å². The van der Waals surface area contributed by atoms with Crippen molar-refractivity contribution in [2.45, 2.75) is 32.0 Å². The number of carboxylic acids is 1. The molecule has 0 radical (unpaired) electrons. The number of rotatable bonds is 4. The van der Waals surface area contributed by atoms with Gasteiger partial charge in [-0.15, -0.1) is 0 Å². The van der Waals surface area contributed by atoms with Crippen molar-refractivity contribution >= 4 is 11.9 Å². The Labute approximate surface area is 117 Å². The number of hydrogen-bond donors (Lipinski definition) is 1. The Morgan fingerprint density at radius 3 is 2.85 bits per heavy atom. The highest BCUT2D eigenvalue weighted by Crippen LogP contribution is 2.13. The molecule has 1 amide bonds. The Bertz CT molecular complexity index is 500. The average Bonchev–Trinajstić information content (AvgIpc) is 2.80. The zero-order valence-corrected chi connectivity index (χ0v) is 11.7. The van der Waals surface area contributed by atoms with E-state index in [4.69, 9.17) is 9.84 Å². The molecule has 0 aromatic carbocycles. The minimum atomic E-state index is -1.03. The zero-order chi connectivity index (χ0) is 14.7. The third-order valence-electron chi connectivity index (χ3n) is 3.41. The molecule has 7 heteroatoms. The van der Waals surface area contributed by atoms with Crippen LogP contribution in [0.4, 0.5) is 0 Å². The third kappa shape index (κ3) is 3.36. The summed E-state index contributed by atoms with van der Waals surface area (Å²) in [5, 5.41) is 13.0. The Hall–Kier alpha value is -1.89. The van der Waals surface area contributed by atoms with E-state index in [1.54, 1.807) is 22.7 Å². The first kappa shape index (κ1) is 14.5. The summed E-state index contributed by atoms with van der Waals surface area (Å²) in [5.41, 5.74) is 0.981. The first-order chi connectivity index (χ1) is 9.47. The van der Waals surface area contributed by atoms with Crippen molar-refractivity contribution in [1.29, 1.82) is 0 Å². The fourth-order valence-electron chi connectivity index (χ4n) is 2.33. The van der Waals surface area contributed by atoms with Gasteiger partial charge in [-0.05, 0) is 19.4 Å². The number of aromatic nitrogens is 2. The number of carbonyl (C=O) groups is 2. The van der Waals surface area contributed by atoms with Gasteiger partial charge in [-0.3, -0.25) is 9.48 Å². The number of hydrogen-bond acceptors (Lipinski definition) is 4. The zero-order valence-electron chi connectivity index (χ0n) is 11.7. The van der Waals surface area contributed by atoms with Crippen molar-refractivity contribution in [3.63, 3.8) is 0 Å². The summed E-state index contributed by atoms with van der Waals surface area (Å²) in [4.78, 5) is 24.7. The standard InChI is InChI=1S/C13H19N3O4/c1-9-7-16(8-11(20-9)13(18)19)12(17)4-3-10-5-6-14-15(10)2/h5-6,9,11H,3-4,7-8H2,1-2H3,(H,18,19)/t9-,11?/m1/s1. The first-order valence-electron chi connectivity index (χ1n) is 6.60. The summed E-state index contributed by atoms with van der Waals surface area (Å²) in [7, 11) is 1.83. The van der Waals surface area contributed by atoms with Gasteiger partial charge < -0.3 is 14.7 Å². The van der Waals surface area contributed by atoms with Gasteiger partial charge in [0.25, 0.3) is 0 Å². The molecule has 0 spiro atoms. The Morgan fingerprint density at radius 2 is 2.25 bits per heavy atom. The third-order valence-corrected chi connectivity index (χ3v) is 3.41. The van der Waals surface area contributed by atoms with E-state index in [2.05, 4.69) is 5.10 Å². The summed E-state index contributed by atoms with van der Waals surface area (Å²) >= 11 is 0. The lowest BCUT2D eigenvalue weighted by molar-refractivity contribution is -0.166. The molecule has 1 saturated heterocycles. The van der Waals surface area contributed by atoms with Gasteiger partial charge >= 0.3 is 5.97 Å². The van der Waals surface area contributed by atoms with Crippen LogP contribution in [0.5, 0.6) is 0 Å². The number of aryl methyl sites for hydroxylation is 2. The van der Waals surface area contributed by atoms with Gasteiger partial charge in [-0.2, -0.15) is 5.10 Å². The molecule has 2 heterocycles. The van der Waals surface area contributed by atoms with E-state index in [0.717, 1.165) is 5.69 Å². The monoisotopic (exact) mass is 281 g/mol. The molecule has 110 valence electrons. The van der Waals surface area contributed by atoms with E-state index in [-0.39, 0.29) is 18.6 Å². The van der Waals surface area contributed by atoms with Gasteiger partial charge in [0.2, 0.25) is 5.91 Å². The van der Waals surface area contributed by atoms with Gasteiger partial charge in [0.15, 0.2) is 6.10 Å². The molecule has 1 fully saturated rings. The molecule has 0 saturated carbocycles. The molecule has 2 rings (SSSR count). The topological polar surface area (TPSA) is 84.7 Å². The smallest absolute Gasteiger partial charge is 0.334 e. The van der Waals surface area contributed by atoms with Crippen LogP contribution < -0.4 is 0 Å². The lowest BCUT2D eigenvalue weighted by atomic mass is 10.1. The SMILES string of the molecule is C[C@@H]1CN(C(=O)CCc2ccnn2C)CC(C(=O)O)O1. The summed E-state index contributed by atoms with van der Waals surface area (Å²) in [6.07, 6.45) is 1.44. The molecule has 1 N–H and O–H groups in total. The molecule has 0 aliphatic carbocycles. The van der Waals surface area contributed by atoms with Crippen LogP contribution in [0.15, 0.2) is 12.3 Å². The summed E-state index contributed by atoms with van der Waals surface area (Å²) in [6.45, 7) is 2.33. The largest absolute Gasteiger partial charge is 0.479 e. The van der Waals surface area contributed by atoms with Crippen LogP contribution in [-0.2, 0) is 27.8 Å². The predicted molar refractivity (Wildman–Crippen MR) is 70.1 cm³/mol. The van der Waals surface area contributed by atoms with E-state index >= 15 is 0 Å². The van der Waals surface area contributed by atoms with E-state index < -0.39 is 12.1 Å². The maximum absolute atomic E-state index is 12.2. The summed E-state index contributed by atoms with van der Waals surface area (Å²) < 4.78 is 7.02.